The van der Waals surface area contributed by atoms with Crippen molar-refractivity contribution >= 4 is 22.5 Å². The Morgan fingerprint density at radius 1 is 1.15 bits per heavy atom. The Bertz CT molecular complexity index is 1510. The summed E-state index contributed by atoms with van der Waals surface area (Å²) in [6.45, 7) is 9.64. The second kappa shape index (κ2) is 11.1. The fraction of sp³-hybridized carbons (Fsp3) is 0.545. The third kappa shape index (κ3) is 5.33. The van der Waals surface area contributed by atoms with Crippen LogP contribution in [0.2, 0.25) is 0 Å². The summed E-state index contributed by atoms with van der Waals surface area (Å²) >= 11 is 0. The van der Waals surface area contributed by atoms with Gasteiger partial charge in [0.2, 0.25) is 0 Å². The minimum absolute atomic E-state index is 0.133. The molecule has 4 atom stereocenters. The van der Waals surface area contributed by atoms with Crippen LogP contribution in [0.15, 0.2) is 52.5 Å². The van der Waals surface area contributed by atoms with Crippen LogP contribution in [0.1, 0.15) is 58.4 Å². The van der Waals surface area contributed by atoms with Gasteiger partial charge in [0.05, 0.1) is 30.0 Å². The SMILES string of the molecule is COc1ccc(CCn2cnc3cc(N=C(NC4C[C@H]5C[C@H]([C@H]4C)C5(C)C)N4CCCCC4)ccc3c2=O)c(F)c1. The van der Waals surface area contributed by atoms with Crippen LogP contribution in [0, 0.1) is 29.0 Å². The third-order valence-corrected chi connectivity index (χ3v) is 10.3. The Morgan fingerprint density at radius 3 is 2.66 bits per heavy atom. The fourth-order valence-corrected chi connectivity index (χ4v) is 7.40. The molecule has 218 valence electrons. The molecule has 2 bridgehead atoms. The molecule has 8 heteroatoms. The molecule has 41 heavy (non-hydrogen) atoms. The Hall–Kier alpha value is -3.42. The van der Waals surface area contributed by atoms with E-state index in [0.29, 0.717) is 52.6 Å². The van der Waals surface area contributed by atoms with Crippen molar-refractivity contribution in [2.24, 2.45) is 28.2 Å². The molecule has 0 amide bonds. The number of aryl methyl sites for hydroxylation is 2. The summed E-state index contributed by atoms with van der Waals surface area (Å²) in [5, 5.41) is 4.43. The van der Waals surface area contributed by atoms with Gasteiger partial charge >= 0.3 is 0 Å². The fourth-order valence-electron chi connectivity index (χ4n) is 7.40. The van der Waals surface area contributed by atoms with E-state index in [-0.39, 0.29) is 11.4 Å². The molecule has 7 rings (SSSR count). The maximum atomic E-state index is 14.4. The van der Waals surface area contributed by atoms with Gasteiger partial charge in [-0.1, -0.05) is 26.8 Å². The molecule has 2 heterocycles. The molecule has 0 radical (unpaired) electrons. The van der Waals surface area contributed by atoms with Crippen molar-refractivity contribution in [1.82, 2.24) is 19.8 Å². The van der Waals surface area contributed by atoms with E-state index < -0.39 is 0 Å². The largest absolute Gasteiger partial charge is 0.497 e. The molecule has 1 aliphatic heterocycles. The van der Waals surface area contributed by atoms with Gasteiger partial charge in [-0.3, -0.25) is 9.36 Å². The van der Waals surface area contributed by atoms with Gasteiger partial charge in [0.1, 0.15) is 11.6 Å². The zero-order valence-corrected chi connectivity index (χ0v) is 24.7. The number of guanidine groups is 1. The van der Waals surface area contributed by atoms with Crippen LogP contribution in [0.3, 0.4) is 0 Å². The average molecular weight is 560 g/mol. The molecule has 3 saturated carbocycles. The minimum atomic E-state index is -0.338. The number of methoxy groups -OCH3 is 1. The molecular formula is C33H42FN5O2. The second-order valence-electron chi connectivity index (χ2n) is 12.8. The number of likely N-dealkylation sites (tertiary alicyclic amines) is 1. The highest BCUT2D eigenvalue weighted by molar-refractivity contribution is 5.86. The first-order valence-electron chi connectivity index (χ1n) is 15.2. The van der Waals surface area contributed by atoms with Crippen LogP contribution in [-0.2, 0) is 13.0 Å². The van der Waals surface area contributed by atoms with Crippen LogP contribution in [0.25, 0.3) is 10.9 Å². The van der Waals surface area contributed by atoms with E-state index in [0.717, 1.165) is 36.6 Å². The van der Waals surface area contributed by atoms with E-state index in [4.69, 9.17) is 9.73 Å². The van der Waals surface area contributed by atoms with E-state index in [9.17, 15) is 9.18 Å². The zero-order chi connectivity index (χ0) is 28.7. The number of halogens is 1. The van der Waals surface area contributed by atoms with Crippen LogP contribution >= 0.6 is 0 Å². The first-order chi connectivity index (χ1) is 19.7. The normalized spacial score (nSPS) is 25.6. The van der Waals surface area contributed by atoms with E-state index in [1.54, 1.807) is 23.0 Å². The summed E-state index contributed by atoms with van der Waals surface area (Å²) in [6, 6.07) is 10.9. The highest BCUT2D eigenvalue weighted by Crippen LogP contribution is 2.61. The smallest absolute Gasteiger partial charge is 0.261 e. The molecule has 1 unspecified atom stereocenters. The number of nitrogens with zero attached hydrogens (tertiary/aromatic N) is 4. The van der Waals surface area contributed by atoms with Gasteiger partial charge in [0, 0.05) is 31.7 Å². The standard InChI is InChI=1S/C33H42FN5O2/c1-21-27-16-23(33(27,2)3)17-29(21)37-32(38-13-6-5-7-14-38)36-24-9-11-26-30(18-24)35-20-39(31(26)40)15-12-22-8-10-25(41-4)19-28(22)34/h8-11,18-21,23,27,29H,5-7,12-17H2,1-4H3,(H,36,37)/t21-,23-,27-,29?/m1/s1. The predicted octanol–water partition coefficient (Wildman–Crippen LogP) is 5.92. The number of fused-ring (bicyclic) bond motifs is 3. The van der Waals surface area contributed by atoms with Crippen LogP contribution in [0.5, 0.6) is 5.75 Å². The number of benzene rings is 2. The van der Waals surface area contributed by atoms with Gasteiger partial charge in [-0.25, -0.2) is 14.4 Å². The Morgan fingerprint density at radius 2 is 1.95 bits per heavy atom. The molecule has 1 N–H and O–H groups in total. The third-order valence-electron chi connectivity index (χ3n) is 10.3. The maximum Gasteiger partial charge on any atom is 0.261 e. The summed E-state index contributed by atoms with van der Waals surface area (Å²) in [6.07, 6.45) is 8.11. The molecule has 3 aliphatic carbocycles. The van der Waals surface area contributed by atoms with Crippen molar-refractivity contribution < 1.29 is 9.13 Å². The Kier molecular flexibility index (Phi) is 7.51. The molecule has 4 fully saturated rings. The van der Waals surface area contributed by atoms with Gasteiger partial charge in [0.15, 0.2) is 5.96 Å². The highest BCUT2D eigenvalue weighted by atomic mass is 19.1. The average Bonchev–Trinajstić information content (AvgIpc) is 2.98. The van der Waals surface area contributed by atoms with Crippen molar-refractivity contribution in [3.8, 4) is 5.75 Å². The molecule has 7 nitrogen and oxygen atoms in total. The molecule has 1 saturated heterocycles. The molecule has 1 aromatic heterocycles. The molecule has 4 aliphatic rings. The van der Waals surface area contributed by atoms with Crippen molar-refractivity contribution in [3.05, 3.63) is 64.5 Å². The van der Waals surface area contributed by atoms with Crippen molar-refractivity contribution in [3.63, 3.8) is 0 Å². The van der Waals surface area contributed by atoms with E-state index in [1.165, 1.54) is 45.3 Å². The lowest BCUT2D eigenvalue weighted by Gasteiger charge is -2.62. The first kappa shape index (κ1) is 27.7. The lowest BCUT2D eigenvalue weighted by atomic mass is 9.45. The van der Waals surface area contributed by atoms with Gasteiger partial charge < -0.3 is 15.0 Å². The summed E-state index contributed by atoms with van der Waals surface area (Å²) in [5.74, 6) is 3.23. The first-order valence-corrected chi connectivity index (χ1v) is 15.2. The lowest BCUT2D eigenvalue weighted by Crippen LogP contribution is -2.62. The number of piperidine rings is 1. The second-order valence-corrected chi connectivity index (χ2v) is 12.8. The quantitative estimate of drug-likeness (QED) is 0.300. The molecule has 2 aromatic carbocycles. The monoisotopic (exact) mass is 559 g/mol. The number of hydrogen-bond acceptors (Lipinski definition) is 4. The number of rotatable bonds is 6. The Balaban J connectivity index is 1.23. The number of aliphatic imine (C=N–C) groups is 1. The molecule has 3 aromatic rings. The number of hydrogen-bond donors (Lipinski definition) is 1. The lowest BCUT2D eigenvalue weighted by molar-refractivity contribution is -0.112. The van der Waals surface area contributed by atoms with Crippen molar-refractivity contribution in [2.45, 2.75) is 71.9 Å². The number of aromatic nitrogens is 2. The van der Waals surface area contributed by atoms with Gasteiger partial charge in [-0.05, 0) is 91.5 Å². The van der Waals surface area contributed by atoms with Gasteiger partial charge in [0.25, 0.3) is 5.56 Å². The summed E-state index contributed by atoms with van der Waals surface area (Å²) in [5.41, 5.74) is 2.26. The predicted molar refractivity (Wildman–Crippen MR) is 161 cm³/mol. The highest BCUT2D eigenvalue weighted by Gasteiger charge is 2.56. The summed E-state index contributed by atoms with van der Waals surface area (Å²) in [4.78, 5) is 25.4. The van der Waals surface area contributed by atoms with Gasteiger partial charge in [-0.2, -0.15) is 0 Å². The topological polar surface area (TPSA) is 71.8 Å². The summed E-state index contributed by atoms with van der Waals surface area (Å²) in [7, 11) is 1.51. The van der Waals surface area contributed by atoms with Crippen LogP contribution < -0.4 is 15.6 Å². The van der Waals surface area contributed by atoms with E-state index in [2.05, 4.69) is 36.0 Å². The summed E-state index contributed by atoms with van der Waals surface area (Å²) < 4.78 is 21.0. The van der Waals surface area contributed by atoms with E-state index >= 15 is 0 Å². The van der Waals surface area contributed by atoms with Gasteiger partial charge in [-0.15, -0.1) is 0 Å². The van der Waals surface area contributed by atoms with E-state index in [1.807, 2.05) is 18.2 Å². The minimum Gasteiger partial charge on any atom is -0.497 e. The Labute approximate surface area is 241 Å². The van der Waals surface area contributed by atoms with Crippen LogP contribution in [0.4, 0.5) is 10.1 Å². The molecule has 0 spiro atoms. The van der Waals surface area contributed by atoms with Crippen molar-refractivity contribution in [1.29, 1.82) is 0 Å². The molecular weight excluding hydrogens is 517 g/mol. The zero-order valence-electron chi connectivity index (χ0n) is 24.7. The number of nitrogens with one attached hydrogen (secondary N) is 1. The maximum absolute atomic E-state index is 14.4. The number of ether oxygens (including phenoxy) is 1. The van der Waals surface area contributed by atoms with Crippen LogP contribution in [-0.4, -0.2) is 46.7 Å². The van der Waals surface area contributed by atoms with Crippen molar-refractivity contribution in [2.75, 3.05) is 20.2 Å².